The maximum absolute atomic E-state index is 12.7. The molecule has 0 unspecified atom stereocenters. The average Bonchev–Trinajstić information content (AvgIpc) is 2.55. The first kappa shape index (κ1) is 17.2. The number of nitro benzene ring substituents is 1. The summed E-state index contributed by atoms with van der Waals surface area (Å²) in [6, 6.07) is 9.89. The maximum Gasteiger partial charge on any atom is 0.271 e. The van der Waals surface area contributed by atoms with Gasteiger partial charge in [0.15, 0.2) is 0 Å². The third kappa shape index (κ3) is 3.28. The predicted octanol–water partition coefficient (Wildman–Crippen LogP) is 2.58. The summed E-state index contributed by atoms with van der Waals surface area (Å²) in [6.07, 6.45) is 0. The van der Waals surface area contributed by atoms with E-state index in [4.69, 9.17) is 10.00 Å². The number of rotatable bonds is 5. The Bertz CT molecular complexity index is 948. The van der Waals surface area contributed by atoms with E-state index < -0.39 is 14.9 Å². The highest BCUT2D eigenvalue weighted by molar-refractivity contribution is 7.92. The van der Waals surface area contributed by atoms with E-state index in [1.165, 1.54) is 19.2 Å². The molecule has 0 aromatic heterocycles. The van der Waals surface area contributed by atoms with Gasteiger partial charge in [-0.25, -0.2) is 8.42 Å². The van der Waals surface area contributed by atoms with Crippen molar-refractivity contribution in [3.63, 3.8) is 0 Å². The second-order valence-corrected chi connectivity index (χ2v) is 6.46. The summed E-state index contributed by atoms with van der Waals surface area (Å²) in [5.41, 5.74) is 0.417. The summed E-state index contributed by atoms with van der Waals surface area (Å²) < 4.78 is 32.6. The second kappa shape index (κ2) is 6.55. The van der Waals surface area contributed by atoms with Gasteiger partial charge in [-0.05, 0) is 24.6 Å². The largest absolute Gasteiger partial charge is 0.495 e. The van der Waals surface area contributed by atoms with Crippen LogP contribution in [0.4, 0.5) is 11.4 Å². The number of sulfonamides is 1. The quantitative estimate of drug-likeness (QED) is 0.655. The fourth-order valence-electron chi connectivity index (χ4n) is 2.07. The number of hydrogen-bond acceptors (Lipinski definition) is 6. The van der Waals surface area contributed by atoms with Crippen molar-refractivity contribution in [3.05, 3.63) is 57.6 Å². The number of para-hydroxylation sites is 1. The molecule has 0 fully saturated rings. The molecule has 0 saturated carbocycles. The van der Waals surface area contributed by atoms with E-state index in [1.807, 2.05) is 6.07 Å². The van der Waals surface area contributed by atoms with Gasteiger partial charge >= 0.3 is 0 Å². The zero-order valence-electron chi connectivity index (χ0n) is 12.8. The Hall–Kier alpha value is -3.12. The number of nitriles is 1. The number of anilines is 1. The summed E-state index contributed by atoms with van der Waals surface area (Å²) in [5.74, 6) is -0.0415. The molecule has 0 aliphatic heterocycles. The predicted molar refractivity (Wildman–Crippen MR) is 86.4 cm³/mol. The fourth-order valence-corrected chi connectivity index (χ4v) is 3.42. The number of methoxy groups -OCH3 is 1. The molecule has 0 saturated heterocycles. The van der Waals surface area contributed by atoms with Gasteiger partial charge in [-0.1, -0.05) is 12.1 Å². The lowest BCUT2D eigenvalue weighted by Gasteiger charge is -2.14. The van der Waals surface area contributed by atoms with Crippen LogP contribution >= 0.6 is 0 Å². The Morgan fingerprint density at radius 3 is 2.58 bits per heavy atom. The minimum atomic E-state index is -4.20. The van der Waals surface area contributed by atoms with Gasteiger partial charge in [0, 0.05) is 12.1 Å². The van der Waals surface area contributed by atoms with Crippen molar-refractivity contribution >= 4 is 21.4 Å². The third-order valence-electron chi connectivity index (χ3n) is 3.28. The zero-order valence-corrected chi connectivity index (χ0v) is 13.6. The van der Waals surface area contributed by atoms with Crippen molar-refractivity contribution < 1.29 is 18.1 Å². The van der Waals surface area contributed by atoms with E-state index in [0.717, 1.165) is 12.1 Å². The first-order valence-electron chi connectivity index (χ1n) is 6.65. The lowest BCUT2D eigenvalue weighted by atomic mass is 10.1. The third-order valence-corrected chi connectivity index (χ3v) is 4.65. The highest BCUT2D eigenvalue weighted by atomic mass is 32.2. The molecule has 9 heteroatoms. The molecule has 2 aromatic carbocycles. The van der Waals surface area contributed by atoms with Crippen LogP contribution in [0.2, 0.25) is 0 Å². The Balaban J connectivity index is 2.59. The molecule has 0 aliphatic carbocycles. The maximum atomic E-state index is 12.7. The van der Waals surface area contributed by atoms with E-state index in [9.17, 15) is 18.5 Å². The summed E-state index contributed by atoms with van der Waals surface area (Å²) in [5, 5.41) is 20.0. The van der Waals surface area contributed by atoms with Gasteiger partial charge in [-0.15, -0.1) is 0 Å². The van der Waals surface area contributed by atoms with Crippen LogP contribution in [0.15, 0.2) is 41.3 Å². The molecule has 2 rings (SSSR count). The highest BCUT2D eigenvalue weighted by Gasteiger charge is 2.24. The highest BCUT2D eigenvalue weighted by Crippen LogP contribution is 2.31. The van der Waals surface area contributed by atoms with Crippen LogP contribution in [0.3, 0.4) is 0 Å². The molecule has 0 bridgehead atoms. The van der Waals surface area contributed by atoms with Crippen LogP contribution in [0.25, 0.3) is 0 Å². The molecule has 2 aromatic rings. The van der Waals surface area contributed by atoms with Crippen LogP contribution < -0.4 is 9.46 Å². The van der Waals surface area contributed by atoms with Crippen molar-refractivity contribution in [2.24, 2.45) is 0 Å². The Morgan fingerprint density at radius 2 is 2.00 bits per heavy atom. The molecule has 0 heterocycles. The Morgan fingerprint density at radius 1 is 1.29 bits per heavy atom. The number of ether oxygens (including phenoxy) is 1. The number of nitrogens with zero attached hydrogens (tertiary/aromatic N) is 2. The van der Waals surface area contributed by atoms with Crippen LogP contribution in [-0.2, 0) is 10.0 Å². The number of non-ortho nitro benzene ring substituents is 1. The van der Waals surface area contributed by atoms with Crippen LogP contribution in [0, 0.1) is 28.4 Å². The molecule has 1 N–H and O–H groups in total. The van der Waals surface area contributed by atoms with E-state index in [2.05, 4.69) is 4.72 Å². The molecule has 0 atom stereocenters. The standard InChI is InChI=1S/C15H13N3O5S/c1-10-4-3-5-11(9-16)15(10)17-24(21,22)14-8-12(18(19)20)6-7-13(14)23-2/h3-8,17H,1-2H3. The van der Waals surface area contributed by atoms with Crippen molar-refractivity contribution in [1.29, 1.82) is 5.26 Å². The summed E-state index contributed by atoms with van der Waals surface area (Å²) in [7, 11) is -2.94. The zero-order chi connectivity index (χ0) is 17.9. The first-order valence-corrected chi connectivity index (χ1v) is 8.13. The monoisotopic (exact) mass is 347 g/mol. The van der Waals surface area contributed by atoms with Gasteiger partial charge in [0.2, 0.25) is 0 Å². The van der Waals surface area contributed by atoms with Gasteiger partial charge < -0.3 is 4.74 Å². The van der Waals surface area contributed by atoms with Gasteiger partial charge in [0.05, 0.1) is 23.3 Å². The lowest BCUT2D eigenvalue weighted by Crippen LogP contribution is -2.16. The molecule has 0 radical (unpaired) electrons. The van der Waals surface area contributed by atoms with Gasteiger partial charge in [-0.2, -0.15) is 5.26 Å². The van der Waals surface area contributed by atoms with Crippen molar-refractivity contribution in [2.75, 3.05) is 11.8 Å². The molecular formula is C15H13N3O5S. The summed E-state index contributed by atoms with van der Waals surface area (Å²) >= 11 is 0. The minimum absolute atomic E-state index is 0.0415. The lowest BCUT2D eigenvalue weighted by molar-refractivity contribution is -0.385. The van der Waals surface area contributed by atoms with Gasteiger partial charge in [0.25, 0.3) is 15.7 Å². The van der Waals surface area contributed by atoms with E-state index >= 15 is 0 Å². The van der Waals surface area contributed by atoms with E-state index in [-0.39, 0.29) is 27.6 Å². The average molecular weight is 347 g/mol. The van der Waals surface area contributed by atoms with E-state index in [1.54, 1.807) is 19.1 Å². The fraction of sp³-hybridized carbons (Fsp3) is 0.133. The number of nitrogens with one attached hydrogen (secondary N) is 1. The topological polar surface area (TPSA) is 122 Å². The van der Waals surface area contributed by atoms with Crippen molar-refractivity contribution in [1.82, 2.24) is 0 Å². The Kier molecular flexibility index (Phi) is 4.71. The van der Waals surface area contributed by atoms with E-state index in [0.29, 0.717) is 5.56 Å². The number of aryl methyl sites for hydroxylation is 1. The summed E-state index contributed by atoms with van der Waals surface area (Å²) in [6.45, 7) is 1.64. The minimum Gasteiger partial charge on any atom is -0.495 e. The summed E-state index contributed by atoms with van der Waals surface area (Å²) in [4.78, 5) is 9.81. The smallest absolute Gasteiger partial charge is 0.271 e. The number of benzene rings is 2. The number of nitro groups is 1. The van der Waals surface area contributed by atoms with Crippen molar-refractivity contribution in [2.45, 2.75) is 11.8 Å². The molecule has 24 heavy (non-hydrogen) atoms. The molecule has 0 amide bonds. The van der Waals surface area contributed by atoms with Crippen LogP contribution in [-0.4, -0.2) is 20.5 Å². The Labute approximate surface area is 138 Å². The second-order valence-electron chi connectivity index (χ2n) is 4.81. The molecule has 0 aliphatic rings. The van der Waals surface area contributed by atoms with Crippen LogP contribution in [0.1, 0.15) is 11.1 Å². The molecule has 8 nitrogen and oxygen atoms in total. The molecule has 124 valence electrons. The van der Waals surface area contributed by atoms with Gasteiger partial charge in [-0.3, -0.25) is 14.8 Å². The first-order chi connectivity index (χ1) is 11.3. The molecule has 0 spiro atoms. The van der Waals surface area contributed by atoms with Gasteiger partial charge in [0.1, 0.15) is 16.7 Å². The SMILES string of the molecule is COc1ccc([N+](=O)[O-])cc1S(=O)(=O)Nc1c(C)cccc1C#N. The molecular weight excluding hydrogens is 334 g/mol. The van der Waals surface area contributed by atoms with Crippen LogP contribution in [0.5, 0.6) is 5.75 Å². The normalized spacial score (nSPS) is 10.7. The van der Waals surface area contributed by atoms with Crippen molar-refractivity contribution in [3.8, 4) is 11.8 Å². The number of hydrogen-bond donors (Lipinski definition) is 1.